The maximum absolute atomic E-state index is 11.2. The zero-order chi connectivity index (χ0) is 12.6. The van der Waals surface area contributed by atoms with Crippen LogP contribution in [0.3, 0.4) is 0 Å². The molecule has 0 unspecified atom stereocenters. The lowest BCUT2D eigenvalue weighted by Gasteiger charge is -1.93. The van der Waals surface area contributed by atoms with E-state index in [0.29, 0.717) is 5.00 Å². The molecular formula is C9H8N2O4S2. The van der Waals surface area contributed by atoms with E-state index < -0.39 is 15.8 Å². The van der Waals surface area contributed by atoms with E-state index in [-0.39, 0.29) is 9.77 Å². The Kier molecular flexibility index (Phi) is 2.76. The Hall–Kier alpha value is -1.67. The molecule has 0 fully saturated rings. The number of rotatable bonds is 3. The van der Waals surface area contributed by atoms with Crippen LogP contribution in [0.4, 0.5) is 0 Å². The molecule has 0 bridgehead atoms. The number of sulfone groups is 1. The van der Waals surface area contributed by atoms with Crippen molar-refractivity contribution in [3.63, 3.8) is 0 Å². The number of thiophene rings is 1. The Morgan fingerprint density at radius 2 is 2.18 bits per heavy atom. The average Bonchev–Trinajstić information content (AvgIpc) is 2.85. The second kappa shape index (κ2) is 3.97. The van der Waals surface area contributed by atoms with Gasteiger partial charge in [-0.2, -0.15) is 5.10 Å². The smallest absolute Gasteiger partial charge is 0.345 e. The van der Waals surface area contributed by atoms with Crippen molar-refractivity contribution in [1.82, 2.24) is 9.78 Å². The largest absolute Gasteiger partial charge is 0.477 e. The van der Waals surface area contributed by atoms with Crippen LogP contribution in [0.5, 0.6) is 0 Å². The molecule has 8 heteroatoms. The fourth-order valence-corrected chi connectivity index (χ4v) is 2.49. The predicted molar refractivity (Wildman–Crippen MR) is 61.5 cm³/mol. The molecule has 0 radical (unpaired) electrons. The van der Waals surface area contributed by atoms with E-state index in [1.165, 1.54) is 23.1 Å². The van der Waals surface area contributed by atoms with Gasteiger partial charge in [0.25, 0.3) is 0 Å². The lowest BCUT2D eigenvalue weighted by Crippen LogP contribution is -1.95. The van der Waals surface area contributed by atoms with Crippen LogP contribution < -0.4 is 0 Å². The van der Waals surface area contributed by atoms with Crippen LogP contribution in [0.15, 0.2) is 29.4 Å². The van der Waals surface area contributed by atoms with Gasteiger partial charge >= 0.3 is 5.97 Å². The third-order valence-electron chi connectivity index (χ3n) is 2.02. The second-order valence-electron chi connectivity index (χ2n) is 3.34. The molecule has 0 saturated carbocycles. The minimum Gasteiger partial charge on any atom is -0.477 e. The molecule has 6 nitrogen and oxygen atoms in total. The summed E-state index contributed by atoms with van der Waals surface area (Å²) in [5, 5.41) is 13.2. The molecule has 0 spiro atoms. The summed E-state index contributed by atoms with van der Waals surface area (Å²) in [6.45, 7) is 0. The Labute approximate surface area is 101 Å². The molecule has 17 heavy (non-hydrogen) atoms. The van der Waals surface area contributed by atoms with Crippen molar-refractivity contribution in [2.45, 2.75) is 4.90 Å². The average molecular weight is 272 g/mol. The van der Waals surface area contributed by atoms with E-state index in [4.69, 9.17) is 5.11 Å². The van der Waals surface area contributed by atoms with Crippen LogP contribution in [0, 0.1) is 0 Å². The van der Waals surface area contributed by atoms with Gasteiger partial charge in [0, 0.05) is 6.26 Å². The van der Waals surface area contributed by atoms with Crippen molar-refractivity contribution in [1.29, 1.82) is 0 Å². The number of carboxylic acid groups (broad SMARTS) is 1. The first-order valence-corrected chi connectivity index (χ1v) is 7.17. The van der Waals surface area contributed by atoms with Gasteiger partial charge in [-0.3, -0.25) is 0 Å². The second-order valence-corrected chi connectivity index (χ2v) is 6.41. The summed E-state index contributed by atoms with van der Waals surface area (Å²) in [7, 11) is -3.29. The van der Waals surface area contributed by atoms with Crippen LogP contribution in [0.2, 0.25) is 0 Å². The summed E-state index contributed by atoms with van der Waals surface area (Å²) in [6.07, 6.45) is 3.67. The van der Waals surface area contributed by atoms with Crippen molar-refractivity contribution >= 4 is 27.1 Å². The fraction of sp³-hybridized carbons (Fsp3) is 0.111. The van der Waals surface area contributed by atoms with E-state index in [0.717, 1.165) is 17.6 Å². The molecule has 2 aromatic heterocycles. The first-order chi connectivity index (χ1) is 7.88. The van der Waals surface area contributed by atoms with Gasteiger partial charge < -0.3 is 5.11 Å². The van der Waals surface area contributed by atoms with Gasteiger partial charge in [0.2, 0.25) is 0 Å². The minimum absolute atomic E-state index is 0.0998. The Balaban J connectivity index is 2.40. The van der Waals surface area contributed by atoms with Crippen LogP contribution >= 0.6 is 11.3 Å². The zero-order valence-electron chi connectivity index (χ0n) is 8.69. The third-order valence-corrected chi connectivity index (χ3v) is 4.15. The quantitative estimate of drug-likeness (QED) is 0.901. The molecule has 0 saturated heterocycles. The molecule has 0 aliphatic carbocycles. The first kappa shape index (κ1) is 11.8. The van der Waals surface area contributed by atoms with Gasteiger partial charge in [0.15, 0.2) is 9.84 Å². The number of hydrogen-bond acceptors (Lipinski definition) is 5. The van der Waals surface area contributed by atoms with Gasteiger partial charge in [-0.25, -0.2) is 17.9 Å². The fourth-order valence-electron chi connectivity index (χ4n) is 1.18. The molecule has 0 amide bonds. The SMILES string of the molecule is CS(=O)(=O)c1cnn(-c2ccc(C(=O)O)s2)c1. The number of aromatic carboxylic acids is 1. The summed E-state index contributed by atoms with van der Waals surface area (Å²) < 4.78 is 23.8. The van der Waals surface area contributed by atoms with Gasteiger partial charge in [-0.1, -0.05) is 0 Å². The molecule has 0 atom stereocenters. The number of aromatic nitrogens is 2. The normalized spacial score (nSPS) is 11.6. The summed E-state index contributed by atoms with van der Waals surface area (Å²) in [6, 6.07) is 3.03. The molecule has 0 aliphatic rings. The van der Waals surface area contributed by atoms with Crippen molar-refractivity contribution in [2.24, 2.45) is 0 Å². The summed E-state index contributed by atoms with van der Waals surface area (Å²) in [5.74, 6) is -1.02. The van der Waals surface area contributed by atoms with Crippen LogP contribution in [-0.2, 0) is 9.84 Å². The molecule has 2 rings (SSSR count). The number of carbonyl (C=O) groups is 1. The number of hydrogen-bond donors (Lipinski definition) is 1. The van der Waals surface area contributed by atoms with Gasteiger partial charge in [0.1, 0.15) is 14.8 Å². The maximum Gasteiger partial charge on any atom is 0.345 e. The zero-order valence-corrected chi connectivity index (χ0v) is 10.3. The van der Waals surface area contributed by atoms with Crippen molar-refractivity contribution in [3.8, 4) is 5.00 Å². The standard InChI is InChI=1S/C9H8N2O4S2/c1-17(14,15)6-4-10-11(5-6)8-3-2-7(16-8)9(12)13/h2-5H,1H3,(H,12,13). The van der Waals surface area contributed by atoms with Crippen molar-refractivity contribution < 1.29 is 18.3 Å². The predicted octanol–water partition coefficient (Wildman–Crippen LogP) is 1.04. The highest BCUT2D eigenvalue weighted by molar-refractivity contribution is 7.90. The third kappa shape index (κ3) is 2.37. The van der Waals surface area contributed by atoms with Gasteiger partial charge in [0.05, 0.1) is 12.4 Å². The molecule has 1 N–H and O–H groups in total. The van der Waals surface area contributed by atoms with Gasteiger partial charge in [-0.05, 0) is 12.1 Å². The summed E-state index contributed by atoms with van der Waals surface area (Å²) in [4.78, 5) is 11.0. The number of carboxylic acids is 1. The molecular weight excluding hydrogens is 264 g/mol. The first-order valence-electron chi connectivity index (χ1n) is 4.46. The van der Waals surface area contributed by atoms with Crippen molar-refractivity contribution in [2.75, 3.05) is 6.26 Å². The molecule has 2 aromatic rings. The molecule has 90 valence electrons. The van der Waals surface area contributed by atoms with Crippen LogP contribution in [-0.4, -0.2) is 35.5 Å². The van der Waals surface area contributed by atoms with Crippen LogP contribution in [0.25, 0.3) is 5.00 Å². The topological polar surface area (TPSA) is 89.3 Å². The Morgan fingerprint density at radius 1 is 1.47 bits per heavy atom. The van der Waals surface area contributed by atoms with Gasteiger partial charge in [-0.15, -0.1) is 11.3 Å². The van der Waals surface area contributed by atoms with E-state index in [1.807, 2.05) is 0 Å². The van der Waals surface area contributed by atoms with E-state index >= 15 is 0 Å². The monoisotopic (exact) mass is 272 g/mol. The number of nitrogens with zero attached hydrogens (tertiary/aromatic N) is 2. The highest BCUT2D eigenvalue weighted by Gasteiger charge is 2.13. The van der Waals surface area contributed by atoms with E-state index in [2.05, 4.69) is 5.10 Å². The molecule has 2 heterocycles. The maximum atomic E-state index is 11.2. The highest BCUT2D eigenvalue weighted by Crippen LogP contribution is 2.21. The van der Waals surface area contributed by atoms with Crippen molar-refractivity contribution in [3.05, 3.63) is 29.4 Å². The summed E-state index contributed by atoms with van der Waals surface area (Å²) >= 11 is 1.02. The van der Waals surface area contributed by atoms with E-state index in [1.54, 1.807) is 6.07 Å². The minimum atomic E-state index is -3.29. The lowest BCUT2D eigenvalue weighted by atomic mass is 10.5. The highest BCUT2D eigenvalue weighted by atomic mass is 32.2. The van der Waals surface area contributed by atoms with Crippen LogP contribution in [0.1, 0.15) is 9.67 Å². The van der Waals surface area contributed by atoms with E-state index in [9.17, 15) is 13.2 Å². The Bertz CT molecular complexity index is 669. The molecule has 0 aliphatic heterocycles. The molecule has 0 aromatic carbocycles. The summed E-state index contributed by atoms with van der Waals surface area (Å²) in [5.41, 5.74) is 0. The Morgan fingerprint density at radius 3 is 2.65 bits per heavy atom. The lowest BCUT2D eigenvalue weighted by molar-refractivity contribution is 0.0702.